The second-order valence-corrected chi connectivity index (χ2v) is 4.73. The van der Waals surface area contributed by atoms with Crippen LogP contribution in [0.5, 0.6) is 5.75 Å². The Hall–Kier alpha value is -1.88. The lowest BCUT2D eigenvalue weighted by molar-refractivity contribution is 0.408. The third-order valence-corrected chi connectivity index (χ3v) is 3.10. The van der Waals surface area contributed by atoms with Crippen LogP contribution in [-0.2, 0) is 0 Å². The van der Waals surface area contributed by atoms with E-state index in [2.05, 4.69) is 10.1 Å². The topological polar surface area (TPSA) is 66.0 Å². The number of rotatable bonds is 4. The highest BCUT2D eigenvalue weighted by Gasteiger charge is 2.22. The van der Waals surface area contributed by atoms with E-state index in [-0.39, 0.29) is 12.1 Å². The first-order valence-electron chi connectivity index (χ1n) is 6.32. The molecule has 0 fully saturated rings. The van der Waals surface area contributed by atoms with Gasteiger partial charge in [-0.2, -0.15) is 5.10 Å². The van der Waals surface area contributed by atoms with E-state index in [4.69, 9.17) is 10.5 Å². The van der Waals surface area contributed by atoms with Crippen LogP contribution in [0.4, 0.5) is 0 Å². The molecule has 0 amide bonds. The lowest BCUT2D eigenvalue weighted by Gasteiger charge is -2.23. The maximum absolute atomic E-state index is 6.14. The van der Waals surface area contributed by atoms with E-state index in [0.29, 0.717) is 0 Å². The van der Waals surface area contributed by atoms with Crippen LogP contribution in [-0.4, -0.2) is 27.9 Å². The maximum atomic E-state index is 6.14. The van der Waals surface area contributed by atoms with Crippen molar-refractivity contribution in [2.45, 2.75) is 32.9 Å². The van der Waals surface area contributed by atoms with Crippen molar-refractivity contribution in [3.05, 3.63) is 41.5 Å². The molecule has 0 spiro atoms. The van der Waals surface area contributed by atoms with E-state index in [9.17, 15) is 0 Å². The molecule has 2 rings (SSSR count). The minimum atomic E-state index is -0.0769. The largest absolute Gasteiger partial charge is 0.497 e. The Kier molecular flexibility index (Phi) is 3.85. The molecule has 102 valence electrons. The zero-order valence-corrected chi connectivity index (χ0v) is 11.8. The van der Waals surface area contributed by atoms with Gasteiger partial charge in [0.25, 0.3) is 0 Å². The summed E-state index contributed by atoms with van der Waals surface area (Å²) >= 11 is 0. The molecule has 2 atom stereocenters. The number of benzene rings is 1. The van der Waals surface area contributed by atoms with Gasteiger partial charge in [-0.3, -0.25) is 0 Å². The number of hydrogen-bond donors (Lipinski definition) is 1. The number of aryl methyl sites for hydroxylation is 2. The molecule has 2 N–H and O–H groups in total. The van der Waals surface area contributed by atoms with Gasteiger partial charge in [0.05, 0.1) is 13.2 Å². The van der Waals surface area contributed by atoms with Crippen LogP contribution in [0.1, 0.15) is 30.2 Å². The van der Waals surface area contributed by atoms with Crippen LogP contribution in [0.15, 0.2) is 24.3 Å². The van der Waals surface area contributed by atoms with Crippen molar-refractivity contribution in [1.82, 2.24) is 14.8 Å². The van der Waals surface area contributed by atoms with Crippen LogP contribution >= 0.6 is 0 Å². The average molecular weight is 260 g/mol. The van der Waals surface area contributed by atoms with Gasteiger partial charge >= 0.3 is 0 Å². The number of methoxy groups -OCH3 is 1. The standard InChI is InChI=1S/C14H20N4O/c1-9(15)14(18-11(3)16-10(2)17-18)12-6-5-7-13(8-12)19-4/h5-9,14H,15H2,1-4H3. The van der Waals surface area contributed by atoms with Crippen molar-refractivity contribution >= 4 is 0 Å². The summed E-state index contributed by atoms with van der Waals surface area (Å²) in [6.45, 7) is 5.80. The maximum Gasteiger partial charge on any atom is 0.147 e. The molecule has 0 aliphatic heterocycles. The van der Waals surface area contributed by atoms with Gasteiger partial charge in [-0.1, -0.05) is 12.1 Å². The third kappa shape index (κ3) is 2.76. The van der Waals surface area contributed by atoms with E-state index in [1.54, 1.807) is 7.11 Å². The van der Waals surface area contributed by atoms with Crippen molar-refractivity contribution in [1.29, 1.82) is 0 Å². The highest BCUT2D eigenvalue weighted by atomic mass is 16.5. The first-order chi connectivity index (χ1) is 9.02. The van der Waals surface area contributed by atoms with Crippen molar-refractivity contribution < 1.29 is 4.74 Å². The molecule has 0 aliphatic carbocycles. The summed E-state index contributed by atoms with van der Waals surface area (Å²) in [4.78, 5) is 4.35. The van der Waals surface area contributed by atoms with Gasteiger partial charge in [-0.15, -0.1) is 0 Å². The molecule has 0 saturated heterocycles. The molecule has 5 nitrogen and oxygen atoms in total. The highest BCUT2D eigenvalue weighted by molar-refractivity contribution is 5.31. The van der Waals surface area contributed by atoms with Crippen LogP contribution in [0.25, 0.3) is 0 Å². The van der Waals surface area contributed by atoms with Gasteiger partial charge in [0, 0.05) is 6.04 Å². The monoisotopic (exact) mass is 260 g/mol. The normalized spacial score (nSPS) is 14.2. The van der Waals surface area contributed by atoms with Crippen LogP contribution in [0, 0.1) is 13.8 Å². The fourth-order valence-corrected chi connectivity index (χ4v) is 2.29. The SMILES string of the molecule is COc1cccc(C(C(C)N)n2nc(C)nc2C)c1. The van der Waals surface area contributed by atoms with E-state index in [1.165, 1.54) is 0 Å². The Balaban J connectivity index is 2.48. The lowest BCUT2D eigenvalue weighted by Crippen LogP contribution is -2.31. The lowest BCUT2D eigenvalue weighted by atomic mass is 10.0. The van der Waals surface area contributed by atoms with Crippen molar-refractivity contribution in [3.8, 4) is 5.75 Å². The Morgan fingerprint density at radius 2 is 2.05 bits per heavy atom. The Bertz CT molecular complexity index is 562. The molecule has 2 aromatic rings. The summed E-state index contributed by atoms with van der Waals surface area (Å²) in [5.41, 5.74) is 7.21. The fourth-order valence-electron chi connectivity index (χ4n) is 2.29. The quantitative estimate of drug-likeness (QED) is 0.911. The predicted molar refractivity (Wildman–Crippen MR) is 74.3 cm³/mol. The average Bonchev–Trinajstić information content (AvgIpc) is 2.68. The van der Waals surface area contributed by atoms with Gasteiger partial charge < -0.3 is 10.5 Å². The Morgan fingerprint density at radius 1 is 1.32 bits per heavy atom. The van der Waals surface area contributed by atoms with Gasteiger partial charge in [0.15, 0.2) is 0 Å². The van der Waals surface area contributed by atoms with Crippen LogP contribution in [0.2, 0.25) is 0 Å². The molecule has 0 aliphatic rings. The second kappa shape index (κ2) is 5.40. The van der Waals surface area contributed by atoms with E-state index in [1.807, 2.05) is 49.7 Å². The number of nitrogens with zero attached hydrogens (tertiary/aromatic N) is 3. The zero-order valence-electron chi connectivity index (χ0n) is 11.8. The van der Waals surface area contributed by atoms with E-state index < -0.39 is 0 Å². The summed E-state index contributed by atoms with van der Waals surface area (Å²) in [6, 6.07) is 7.78. The molecule has 2 unspecified atom stereocenters. The van der Waals surface area contributed by atoms with Gasteiger partial charge in [-0.05, 0) is 38.5 Å². The Labute approximate surface area is 113 Å². The molecule has 0 bridgehead atoms. The van der Waals surface area contributed by atoms with E-state index >= 15 is 0 Å². The predicted octanol–water partition coefficient (Wildman–Crippen LogP) is 1.84. The number of hydrogen-bond acceptors (Lipinski definition) is 4. The Morgan fingerprint density at radius 3 is 2.58 bits per heavy atom. The number of aromatic nitrogens is 3. The molecule has 1 aromatic carbocycles. The van der Waals surface area contributed by atoms with E-state index in [0.717, 1.165) is 23.0 Å². The summed E-state index contributed by atoms with van der Waals surface area (Å²) in [5, 5.41) is 4.45. The summed E-state index contributed by atoms with van der Waals surface area (Å²) in [6.07, 6.45) is 0. The van der Waals surface area contributed by atoms with Crippen molar-refractivity contribution in [2.75, 3.05) is 7.11 Å². The van der Waals surface area contributed by atoms with Crippen molar-refractivity contribution in [2.24, 2.45) is 5.73 Å². The van der Waals surface area contributed by atoms with Gasteiger partial charge in [0.2, 0.25) is 0 Å². The minimum absolute atomic E-state index is 0.0451. The molecule has 0 saturated carbocycles. The minimum Gasteiger partial charge on any atom is -0.497 e. The molecule has 1 aromatic heterocycles. The molecule has 19 heavy (non-hydrogen) atoms. The summed E-state index contributed by atoms with van der Waals surface area (Å²) in [5.74, 6) is 2.44. The molecule has 1 heterocycles. The van der Waals surface area contributed by atoms with Crippen molar-refractivity contribution in [3.63, 3.8) is 0 Å². The van der Waals surface area contributed by atoms with Crippen LogP contribution in [0.3, 0.4) is 0 Å². The smallest absolute Gasteiger partial charge is 0.147 e. The molecular weight excluding hydrogens is 240 g/mol. The summed E-state index contributed by atoms with van der Waals surface area (Å²) in [7, 11) is 1.66. The highest BCUT2D eigenvalue weighted by Crippen LogP contribution is 2.25. The zero-order chi connectivity index (χ0) is 14.0. The first kappa shape index (κ1) is 13.5. The molecule has 0 radical (unpaired) electrons. The van der Waals surface area contributed by atoms with Crippen LogP contribution < -0.4 is 10.5 Å². The first-order valence-corrected chi connectivity index (χ1v) is 6.32. The molecular formula is C14H20N4O. The summed E-state index contributed by atoms with van der Waals surface area (Å²) < 4.78 is 7.15. The third-order valence-electron chi connectivity index (χ3n) is 3.10. The van der Waals surface area contributed by atoms with Gasteiger partial charge in [0.1, 0.15) is 17.4 Å². The number of nitrogens with two attached hydrogens (primary N) is 1. The van der Waals surface area contributed by atoms with Gasteiger partial charge in [-0.25, -0.2) is 9.67 Å². The molecule has 5 heteroatoms. The second-order valence-electron chi connectivity index (χ2n) is 4.73. The fraction of sp³-hybridized carbons (Fsp3) is 0.429. The number of ether oxygens (including phenoxy) is 1.